The maximum absolute atomic E-state index is 5.86. The van der Waals surface area contributed by atoms with Crippen LogP contribution in [0, 0.1) is 0 Å². The van der Waals surface area contributed by atoms with Crippen LogP contribution >= 0.6 is 27.5 Å². The van der Waals surface area contributed by atoms with Crippen molar-refractivity contribution in [2.75, 3.05) is 13.1 Å². The van der Waals surface area contributed by atoms with Crippen LogP contribution in [0.3, 0.4) is 0 Å². The first-order valence-corrected chi connectivity index (χ1v) is 7.17. The van der Waals surface area contributed by atoms with Gasteiger partial charge in [0.05, 0.1) is 10.2 Å². The number of hydrogen-bond acceptors (Lipinski definition) is 3. The summed E-state index contributed by atoms with van der Waals surface area (Å²) in [4.78, 5) is 2.51. The lowest BCUT2D eigenvalue weighted by atomic mass is 9.93. The Kier molecular flexibility index (Phi) is 4.39. The van der Waals surface area contributed by atoms with Gasteiger partial charge >= 0.3 is 0 Å². The lowest BCUT2D eigenvalue weighted by molar-refractivity contribution is 0.170. The minimum atomic E-state index is 0.438. The minimum absolute atomic E-state index is 0.438. The third-order valence-corrected chi connectivity index (χ3v) is 4.52. The van der Waals surface area contributed by atoms with Gasteiger partial charge in [-0.15, -0.1) is 5.10 Å². The summed E-state index contributed by atoms with van der Waals surface area (Å²) in [6, 6.07) is 2.64. The first kappa shape index (κ1) is 13.2. The van der Waals surface area contributed by atoms with Crippen molar-refractivity contribution >= 4 is 27.5 Å². The van der Waals surface area contributed by atoms with Gasteiger partial charge in [-0.25, -0.2) is 0 Å². The van der Waals surface area contributed by atoms with Crippen LogP contribution in [0.1, 0.15) is 38.3 Å². The third kappa shape index (κ3) is 3.18. The van der Waals surface area contributed by atoms with E-state index in [9.17, 15) is 0 Å². The van der Waals surface area contributed by atoms with Gasteiger partial charge in [-0.05, 0) is 61.8 Å². The zero-order valence-electron chi connectivity index (χ0n) is 10.2. The van der Waals surface area contributed by atoms with Gasteiger partial charge in [0.2, 0.25) is 0 Å². The zero-order chi connectivity index (χ0) is 12.4. The summed E-state index contributed by atoms with van der Waals surface area (Å²) in [6.45, 7) is 6.78. The van der Waals surface area contributed by atoms with E-state index in [0.29, 0.717) is 17.1 Å². The molecule has 1 aliphatic rings. The Balaban J connectivity index is 2.03. The van der Waals surface area contributed by atoms with Crippen LogP contribution < -0.4 is 0 Å². The second-order valence-electron chi connectivity index (χ2n) is 4.81. The van der Waals surface area contributed by atoms with E-state index in [-0.39, 0.29) is 0 Å². The van der Waals surface area contributed by atoms with Gasteiger partial charge < -0.3 is 4.90 Å². The molecule has 0 atom stereocenters. The molecule has 0 bridgehead atoms. The van der Waals surface area contributed by atoms with Crippen LogP contribution in [0.15, 0.2) is 10.5 Å². The van der Waals surface area contributed by atoms with Crippen molar-refractivity contribution in [3.63, 3.8) is 0 Å². The fourth-order valence-electron chi connectivity index (χ4n) is 2.28. The van der Waals surface area contributed by atoms with Crippen molar-refractivity contribution in [1.29, 1.82) is 0 Å². The molecule has 2 heterocycles. The predicted octanol–water partition coefficient (Wildman–Crippen LogP) is 3.48. The molecule has 0 unspecified atom stereocenters. The molecular formula is C12H17BrClN3. The molecule has 2 rings (SSSR count). The second kappa shape index (κ2) is 5.63. The highest BCUT2D eigenvalue weighted by Crippen LogP contribution is 2.30. The average molecular weight is 319 g/mol. The van der Waals surface area contributed by atoms with Crippen LogP contribution in [0.5, 0.6) is 0 Å². The number of nitrogens with zero attached hydrogens (tertiary/aromatic N) is 3. The van der Waals surface area contributed by atoms with Crippen LogP contribution in [0.25, 0.3) is 0 Å². The van der Waals surface area contributed by atoms with E-state index in [4.69, 9.17) is 11.6 Å². The molecule has 94 valence electrons. The second-order valence-corrected chi connectivity index (χ2v) is 6.02. The highest BCUT2D eigenvalue weighted by molar-refractivity contribution is 9.10. The van der Waals surface area contributed by atoms with Gasteiger partial charge in [-0.1, -0.05) is 11.6 Å². The van der Waals surface area contributed by atoms with Gasteiger partial charge in [-0.2, -0.15) is 5.10 Å². The maximum Gasteiger partial charge on any atom is 0.165 e. The summed E-state index contributed by atoms with van der Waals surface area (Å²) < 4.78 is 0.843. The molecule has 1 aliphatic heterocycles. The molecule has 0 N–H and O–H groups in total. The Morgan fingerprint density at radius 1 is 1.35 bits per heavy atom. The fraction of sp³-hybridized carbons (Fsp3) is 0.667. The summed E-state index contributed by atoms with van der Waals surface area (Å²) in [5.74, 6) is 0.520. The Labute approximate surface area is 116 Å². The Morgan fingerprint density at radius 2 is 2.00 bits per heavy atom. The summed E-state index contributed by atoms with van der Waals surface area (Å²) in [7, 11) is 0. The predicted molar refractivity (Wildman–Crippen MR) is 73.4 cm³/mol. The van der Waals surface area contributed by atoms with Crippen molar-refractivity contribution in [3.05, 3.63) is 21.4 Å². The number of piperidine rings is 1. The average Bonchev–Trinajstić information content (AvgIpc) is 2.33. The SMILES string of the molecule is CC(C)N1CCC(c2cc(Br)c(Cl)nn2)CC1. The summed E-state index contributed by atoms with van der Waals surface area (Å²) in [5.41, 5.74) is 1.06. The van der Waals surface area contributed by atoms with E-state index in [0.717, 1.165) is 36.1 Å². The monoisotopic (exact) mass is 317 g/mol. The molecular weight excluding hydrogens is 302 g/mol. The lowest BCUT2D eigenvalue weighted by Gasteiger charge is -2.34. The highest BCUT2D eigenvalue weighted by atomic mass is 79.9. The smallest absolute Gasteiger partial charge is 0.165 e. The Bertz CT molecular complexity index is 389. The number of likely N-dealkylation sites (tertiary alicyclic amines) is 1. The quantitative estimate of drug-likeness (QED) is 0.836. The standard InChI is InChI=1S/C12H17BrClN3/c1-8(2)17-5-3-9(4-6-17)11-7-10(13)12(14)16-15-11/h7-9H,3-6H2,1-2H3. The molecule has 0 radical (unpaired) electrons. The van der Waals surface area contributed by atoms with E-state index in [2.05, 4.69) is 44.9 Å². The zero-order valence-corrected chi connectivity index (χ0v) is 12.5. The molecule has 0 aromatic carbocycles. The maximum atomic E-state index is 5.86. The van der Waals surface area contributed by atoms with E-state index < -0.39 is 0 Å². The van der Waals surface area contributed by atoms with Gasteiger partial charge in [0.15, 0.2) is 5.15 Å². The number of aromatic nitrogens is 2. The van der Waals surface area contributed by atoms with Crippen molar-refractivity contribution < 1.29 is 0 Å². The van der Waals surface area contributed by atoms with E-state index in [1.54, 1.807) is 0 Å². The molecule has 0 saturated carbocycles. The minimum Gasteiger partial charge on any atom is -0.301 e. The Hall–Kier alpha value is -0.190. The summed E-state index contributed by atoms with van der Waals surface area (Å²) >= 11 is 9.26. The third-order valence-electron chi connectivity index (χ3n) is 3.40. The summed E-state index contributed by atoms with van der Waals surface area (Å²) in [6.07, 6.45) is 2.31. The van der Waals surface area contributed by atoms with Gasteiger partial charge in [0.1, 0.15) is 0 Å². The first-order valence-electron chi connectivity index (χ1n) is 6.00. The van der Waals surface area contributed by atoms with E-state index >= 15 is 0 Å². The molecule has 0 aliphatic carbocycles. The van der Waals surface area contributed by atoms with Crippen LogP contribution in [-0.4, -0.2) is 34.2 Å². The molecule has 1 fully saturated rings. The van der Waals surface area contributed by atoms with Gasteiger partial charge in [0.25, 0.3) is 0 Å². The molecule has 1 saturated heterocycles. The highest BCUT2D eigenvalue weighted by Gasteiger charge is 2.23. The largest absolute Gasteiger partial charge is 0.301 e. The van der Waals surface area contributed by atoms with E-state index in [1.165, 1.54) is 0 Å². The number of rotatable bonds is 2. The molecule has 0 amide bonds. The van der Waals surface area contributed by atoms with Gasteiger partial charge in [0, 0.05) is 12.0 Å². The first-order chi connectivity index (χ1) is 8.08. The Morgan fingerprint density at radius 3 is 2.53 bits per heavy atom. The summed E-state index contributed by atoms with van der Waals surface area (Å²) in [5, 5.41) is 8.60. The van der Waals surface area contributed by atoms with Crippen molar-refractivity contribution in [2.24, 2.45) is 0 Å². The number of halogens is 2. The van der Waals surface area contributed by atoms with Crippen LogP contribution in [0.4, 0.5) is 0 Å². The molecule has 5 heteroatoms. The van der Waals surface area contributed by atoms with Crippen molar-refractivity contribution in [3.8, 4) is 0 Å². The van der Waals surface area contributed by atoms with Crippen LogP contribution in [-0.2, 0) is 0 Å². The normalized spacial score (nSPS) is 18.9. The topological polar surface area (TPSA) is 29.0 Å². The number of hydrogen-bond donors (Lipinski definition) is 0. The fourth-order valence-corrected chi connectivity index (χ4v) is 2.68. The molecule has 1 aromatic heterocycles. The van der Waals surface area contributed by atoms with Gasteiger partial charge in [-0.3, -0.25) is 0 Å². The van der Waals surface area contributed by atoms with Crippen molar-refractivity contribution in [2.45, 2.75) is 38.6 Å². The lowest BCUT2D eigenvalue weighted by Crippen LogP contribution is -2.38. The molecule has 3 nitrogen and oxygen atoms in total. The van der Waals surface area contributed by atoms with Crippen LogP contribution in [0.2, 0.25) is 5.15 Å². The van der Waals surface area contributed by atoms with E-state index in [1.807, 2.05) is 6.07 Å². The molecule has 1 aromatic rings. The molecule has 17 heavy (non-hydrogen) atoms. The molecule has 0 spiro atoms. The van der Waals surface area contributed by atoms with Crippen molar-refractivity contribution in [1.82, 2.24) is 15.1 Å².